The van der Waals surface area contributed by atoms with E-state index < -0.39 is 9.84 Å². The van der Waals surface area contributed by atoms with Crippen molar-refractivity contribution in [2.45, 2.75) is 25.7 Å². The molecule has 1 aromatic rings. The number of carbonyl (C=O) groups excluding carboxylic acids is 1. The SMILES string of the molecule is CC(C(=O)CCCS(C)(=O)=O)c1ccccc1. The van der Waals surface area contributed by atoms with Crippen LogP contribution >= 0.6 is 0 Å². The molecular weight excluding hydrogens is 236 g/mol. The molecule has 3 nitrogen and oxygen atoms in total. The quantitative estimate of drug-likeness (QED) is 0.782. The van der Waals surface area contributed by atoms with Gasteiger partial charge in [0.25, 0.3) is 0 Å². The van der Waals surface area contributed by atoms with Gasteiger partial charge in [-0.1, -0.05) is 37.3 Å². The largest absolute Gasteiger partial charge is 0.299 e. The standard InChI is InChI=1S/C13H18O3S/c1-11(12-7-4-3-5-8-12)13(14)9-6-10-17(2,15)16/h3-5,7-8,11H,6,9-10H2,1-2H3. The van der Waals surface area contributed by atoms with Crippen molar-refractivity contribution in [2.24, 2.45) is 0 Å². The van der Waals surface area contributed by atoms with Gasteiger partial charge in [0.05, 0.1) is 5.75 Å². The molecule has 0 fully saturated rings. The number of benzene rings is 1. The van der Waals surface area contributed by atoms with E-state index in [9.17, 15) is 13.2 Å². The monoisotopic (exact) mass is 254 g/mol. The first-order chi connectivity index (χ1) is 7.90. The Morgan fingerprint density at radius 2 is 1.82 bits per heavy atom. The van der Waals surface area contributed by atoms with Gasteiger partial charge in [0.15, 0.2) is 0 Å². The lowest BCUT2D eigenvalue weighted by atomic mass is 9.94. The highest BCUT2D eigenvalue weighted by Gasteiger charge is 2.15. The molecule has 0 saturated heterocycles. The number of carbonyl (C=O) groups is 1. The highest BCUT2D eigenvalue weighted by molar-refractivity contribution is 7.90. The van der Waals surface area contributed by atoms with Crippen molar-refractivity contribution in [2.75, 3.05) is 12.0 Å². The minimum atomic E-state index is -2.96. The Morgan fingerprint density at radius 3 is 2.35 bits per heavy atom. The molecular formula is C13H18O3S. The summed E-state index contributed by atoms with van der Waals surface area (Å²) in [5, 5.41) is 0. The molecule has 1 atom stereocenters. The van der Waals surface area contributed by atoms with Crippen molar-refractivity contribution < 1.29 is 13.2 Å². The van der Waals surface area contributed by atoms with Crippen LogP contribution in [0, 0.1) is 0 Å². The van der Waals surface area contributed by atoms with Crippen LogP contribution in [0.5, 0.6) is 0 Å². The van der Waals surface area contributed by atoms with E-state index in [0.717, 1.165) is 5.56 Å². The van der Waals surface area contributed by atoms with Crippen LogP contribution in [0.3, 0.4) is 0 Å². The zero-order valence-electron chi connectivity index (χ0n) is 10.2. The average molecular weight is 254 g/mol. The fourth-order valence-electron chi connectivity index (χ4n) is 1.65. The van der Waals surface area contributed by atoms with Gasteiger partial charge >= 0.3 is 0 Å². The Labute approximate surface area is 103 Å². The van der Waals surface area contributed by atoms with Gasteiger partial charge in [-0.05, 0) is 12.0 Å². The first kappa shape index (κ1) is 13.9. The van der Waals surface area contributed by atoms with Gasteiger partial charge in [0.2, 0.25) is 0 Å². The van der Waals surface area contributed by atoms with Gasteiger partial charge in [-0.15, -0.1) is 0 Å². The molecule has 0 radical (unpaired) electrons. The summed E-state index contributed by atoms with van der Waals surface area (Å²) < 4.78 is 21.9. The van der Waals surface area contributed by atoms with E-state index in [4.69, 9.17) is 0 Å². The van der Waals surface area contributed by atoms with Crippen LogP contribution in [0.1, 0.15) is 31.2 Å². The third-order valence-electron chi connectivity index (χ3n) is 2.72. The molecule has 0 aliphatic rings. The van der Waals surface area contributed by atoms with Crippen molar-refractivity contribution in [3.8, 4) is 0 Å². The number of ketones is 1. The van der Waals surface area contributed by atoms with Crippen molar-refractivity contribution in [3.05, 3.63) is 35.9 Å². The molecule has 0 aliphatic carbocycles. The normalized spacial score (nSPS) is 13.3. The van der Waals surface area contributed by atoms with Gasteiger partial charge < -0.3 is 0 Å². The van der Waals surface area contributed by atoms with Gasteiger partial charge in [-0.25, -0.2) is 8.42 Å². The van der Waals surface area contributed by atoms with Crippen molar-refractivity contribution in [1.82, 2.24) is 0 Å². The van der Waals surface area contributed by atoms with Crippen LogP contribution in [0.15, 0.2) is 30.3 Å². The fraction of sp³-hybridized carbons (Fsp3) is 0.462. The van der Waals surface area contributed by atoms with Crippen molar-refractivity contribution in [3.63, 3.8) is 0 Å². The summed E-state index contributed by atoms with van der Waals surface area (Å²) in [6, 6.07) is 9.54. The summed E-state index contributed by atoms with van der Waals surface area (Å²) in [4.78, 5) is 11.8. The van der Waals surface area contributed by atoms with E-state index in [2.05, 4.69) is 0 Å². The molecule has 0 spiro atoms. The van der Waals surface area contributed by atoms with Gasteiger partial charge in [0, 0.05) is 18.6 Å². The molecule has 0 aliphatic heterocycles. The molecule has 0 heterocycles. The highest BCUT2D eigenvalue weighted by atomic mass is 32.2. The molecule has 1 rings (SSSR count). The van der Waals surface area contributed by atoms with Crippen LogP contribution in [0.25, 0.3) is 0 Å². The molecule has 0 bridgehead atoms. The van der Waals surface area contributed by atoms with E-state index in [0.29, 0.717) is 12.8 Å². The van der Waals surface area contributed by atoms with E-state index in [1.54, 1.807) is 0 Å². The van der Waals surface area contributed by atoms with Crippen LogP contribution < -0.4 is 0 Å². The lowest BCUT2D eigenvalue weighted by Gasteiger charge is -2.10. The first-order valence-electron chi connectivity index (χ1n) is 5.65. The Balaban J connectivity index is 2.49. The van der Waals surface area contributed by atoms with Crippen LogP contribution in [0.2, 0.25) is 0 Å². The van der Waals surface area contributed by atoms with Gasteiger partial charge in [0.1, 0.15) is 15.6 Å². The highest BCUT2D eigenvalue weighted by Crippen LogP contribution is 2.17. The van der Waals surface area contributed by atoms with Gasteiger partial charge in [-0.3, -0.25) is 4.79 Å². The molecule has 1 aromatic carbocycles. The zero-order valence-corrected chi connectivity index (χ0v) is 11.0. The Morgan fingerprint density at radius 1 is 1.24 bits per heavy atom. The van der Waals surface area contributed by atoms with E-state index >= 15 is 0 Å². The number of hydrogen-bond donors (Lipinski definition) is 0. The second kappa shape index (κ2) is 5.96. The average Bonchev–Trinajstić information content (AvgIpc) is 2.27. The minimum absolute atomic E-state index is 0.0836. The smallest absolute Gasteiger partial charge is 0.147 e. The maximum Gasteiger partial charge on any atom is 0.147 e. The number of hydrogen-bond acceptors (Lipinski definition) is 3. The summed E-state index contributed by atoms with van der Waals surface area (Å²) in [6.07, 6.45) is 1.93. The molecule has 0 N–H and O–H groups in total. The molecule has 0 aromatic heterocycles. The molecule has 17 heavy (non-hydrogen) atoms. The third-order valence-corrected chi connectivity index (χ3v) is 3.75. The summed E-state index contributed by atoms with van der Waals surface area (Å²) in [5.74, 6) is 0.0240. The van der Waals surface area contributed by atoms with Crippen LogP contribution in [0.4, 0.5) is 0 Å². The van der Waals surface area contributed by atoms with Crippen LogP contribution in [-0.2, 0) is 14.6 Å². The summed E-state index contributed by atoms with van der Waals surface area (Å²) in [6.45, 7) is 1.86. The lowest BCUT2D eigenvalue weighted by Crippen LogP contribution is -2.11. The van der Waals surface area contributed by atoms with E-state index in [1.165, 1.54) is 6.26 Å². The Hall–Kier alpha value is -1.16. The van der Waals surface area contributed by atoms with Crippen molar-refractivity contribution >= 4 is 15.6 Å². The first-order valence-corrected chi connectivity index (χ1v) is 7.71. The number of sulfone groups is 1. The lowest BCUT2D eigenvalue weighted by molar-refractivity contribution is -0.120. The molecule has 4 heteroatoms. The van der Waals surface area contributed by atoms with E-state index in [-0.39, 0.29) is 17.5 Å². The second-order valence-electron chi connectivity index (χ2n) is 4.33. The van der Waals surface area contributed by atoms with E-state index in [1.807, 2.05) is 37.3 Å². The molecule has 0 saturated carbocycles. The predicted molar refractivity (Wildman–Crippen MR) is 68.8 cm³/mol. The molecule has 1 unspecified atom stereocenters. The maximum absolute atomic E-state index is 11.8. The predicted octanol–water partition coefficient (Wildman–Crippen LogP) is 2.18. The zero-order chi connectivity index (χ0) is 12.9. The Kier molecular flexibility index (Phi) is 4.87. The summed E-state index contributed by atoms with van der Waals surface area (Å²) in [7, 11) is -2.96. The van der Waals surface area contributed by atoms with Gasteiger partial charge in [-0.2, -0.15) is 0 Å². The van der Waals surface area contributed by atoms with Crippen LogP contribution in [-0.4, -0.2) is 26.2 Å². The third kappa shape index (κ3) is 5.13. The number of rotatable bonds is 6. The molecule has 0 amide bonds. The summed E-state index contributed by atoms with van der Waals surface area (Å²) >= 11 is 0. The van der Waals surface area contributed by atoms with Crippen molar-refractivity contribution in [1.29, 1.82) is 0 Å². The maximum atomic E-state index is 11.8. The topological polar surface area (TPSA) is 51.2 Å². The fourth-order valence-corrected chi connectivity index (χ4v) is 2.32. The minimum Gasteiger partial charge on any atom is -0.299 e. The summed E-state index contributed by atoms with van der Waals surface area (Å²) in [5.41, 5.74) is 0.983. The Bertz CT molecular complexity index is 463. The second-order valence-corrected chi connectivity index (χ2v) is 6.59. The number of Topliss-reactive ketones (excluding diaryl/α,β-unsaturated/α-hetero) is 1. The molecule has 94 valence electrons.